The summed E-state index contributed by atoms with van der Waals surface area (Å²) < 4.78 is 5.73. The minimum absolute atomic E-state index is 0.463. The molecule has 20 heavy (non-hydrogen) atoms. The topological polar surface area (TPSA) is 22.1 Å². The molecule has 0 unspecified atom stereocenters. The Balaban J connectivity index is 1.72. The first-order valence-electron chi connectivity index (χ1n) is 6.47. The van der Waals surface area contributed by atoms with E-state index in [4.69, 9.17) is 16.3 Å². The van der Waals surface area contributed by atoms with Crippen LogP contribution in [0.2, 0.25) is 0 Å². The van der Waals surface area contributed by atoms with Gasteiger partial charge in [0.25, 0.3) is 0 Å². The molecule has 0 atom stereocenters. The van der Waals surface area contributed by atoms with Gasteiger partial charge in [0, 0.05) is 11.3 Å². The highest BCUT2D eigenvalue weighted by molar-refractivity contribution is 6.17. The molecule has 0 bridgehead atoms. The number of fused-ring (bicyclic) bond motifs is 1. The van der Waals surface area contributed by atoms with Crippen LogP contribution in [0.4, 0.5) is 0 Å². The van der Waals surface area contributed by atoms with E-state index in [2.05, 4.69) is 17.1 Å². The van der Waals surface area contributed by atoms with E-state index in [1.165, 1.54) is 0 Å². The van der Waals surface area contributed by atoms with Crippen LogP contribution < -0.4 is 4.74 Å². The molecule has 0 aliphatic carbocycles. The molecule has 0 saturated carbocycles. The molecule has 3 heteroatoms. The quantitative estimate of drug-likeness (QED) is 0.655. The first-order valence-corrected chi connectivity index (χ1v) is 7.01. The van der Waals surface area contributed by atoms with Crippen molar-refractivity contribution in [2.75, 3.05) is 0 Å². The third kappa shape index (κ3) is 2.91. The molecule has 100 valence electrons. The highest BCUT2D eigenvalue weighted by Crippen LogP contribution is 2.16. The molecule has 2 nitrogen and oxygen atoms in total. The summed E-state index contributed by atoms with van der Waals surface area (Å²) >= 11 is 5.76. The van der Waals surface area contributed by atoms with Crippen molar-refractivity contribution >= 4 is 22.5 Å². The minimum Gasteiger partial charge on any atom is -0.487 e. The summed E-state index contributed by atoms with van der Waals surface area (Å²) in [4.78, 5) is 4.58. The number of halogens is 1. The average Bonchev–Trinajstić information content (AvgIpc) is 2.53. The zero-order valence-electron chi connectivity index (χ0n) is 10.9. The van der Waals surface area contributed by atoms with E-state index in [0.717, 1.165) is 27.9 Å². The van der Waals surface area contributed by atoms with Crippen LogP contribution in [0.25, 0.3) is 10.9 Å². The zero-order valence-corrected chi connectivity index (χ0v) is 11.7. The maximum absolute atomic E-state index is 5.76. The fourth-order valence-corrected chi connectivity index (χ4v) is 2.20. The lowest BCUT2D eigenvalue weighted by Gasteiger charge is -2.07. The molecule has 0 aliphatic rings. The van der Waals surface area contributed by atoms with Gasteiger partial charge in [0.1, 0.15) is 12.4 Å². The van der Waals surface area contributed by atoms with E-state index < -0.39 is 0 Å². The van der Waals surface area contributed by atoms with Gasteiger partial charge in [-0.05, 0) is 29.8 Å². The van der Waals surface area contributed by atoms with E-state index in [-0.39, 0.29) is 0 Å². The van der Waals surface area contributed by atoms with Gasteiger partial charge in [0.15, 0.2) is 0 Å². The second-order valence-corrected chi connectivity index (χ2v) is 4.83. The molecular weight excluding hydrogens is 270 g/mol. The van der Waals surface area contributed by atoms with Gasteiger partial charge in [0.05, 0.1) is 11.2 Å². The number of aromatic nitrogens is 1. The van der Waals surface area contributed by atoms with Crippen molar-refractivity contribution in [1.82, 2.24) is 4.98 Å². The Hall–Kier alpha value is -2.06. The standard InChI is InChI=1S/C17H14ClNO/c18-11-13-5-9-16(10-6-13)20-12-15-8-7-14-3-1-2-4-17(14)19-15/h1-10H,11-12H2. The van der Waals surface area contributed by atoms with Crippen molar-refractivity contribution in [3.05, 3.63) is 71.9 Å². The summed E-state index contributed by atoms with van der Waals surface area (Å²) in [6, 6.07) is 19.9. The van der Waals surface area contributed by atoms with Gasteiger partial charge >= 0.3 is 0 Å². The molecule has 0 aliphatic heterocycles. The van der Waals surface area contributed by atoms with Crippen molar-refractivity contribution < 1.29 is 4.74 Å². The Morgan fingerprint density at radius 3 is 2.50 bits per heavy atom. The van der Waals surface area contributed by atoms with Crippen LogP contribution >= 0.6 is 11.6 Å². The number of para-hydroxylation sites is 1. The Morgan fingerprint density at radius 1 is 0.900 bits per heavy atom. The largest absolute Gasteiger partial charge is 0.487 e. The lowest BCUT2D eigenvalue weighted by molar-refractivity contribution is 0.302. The van der Waals surface area contributed by atoms with Crippen LogP contribution in [0.5, 0.6) is 5.75 Å². The van der Waals surface area contributed by atoms with Gasteiger partial charge in [-0.25, -0.2) is 4.98 Å². The highest BCUT2D eigenvalue weighted by atomic mass is 35.5. The van der Waals surface area contributed by atoms with Gasteiger partial charge < -0.3 is 4.74 Å². The summed E-state index contributed by atoms with van der Waals surface area (Å²) in [6.45, 7) is 0.463. The number of rotatable bonds is 4. The molecule has 0 spiro atoms. The Morgan fingerprint density at radius 2 is 1.70 bits per heavy atom. The number of hydrogen-bond donors (Lipinski definition) is 0. The number of ether oxygens (including phenoxy) is 1. The summed E-state index contributed by atoms with van der Waals surface area (Å²) in [6.07, 6.45) is 0. The predicted octanol–water partition coefficient (Wildman–Crippen LogP) is 4.55. The van der Waals surface area contributed by atoms with Crippen LogP contribution in [0.3, 0.4) is 0 Å². The average molecular weight is 284 g/mol. The number of hydrogen-bond acceptors (Lipinski definition) is 2. The predicted molar refractivity (Wildman–Crippen MR) is 82.1 cm³/mol. The van der Waals surface area contributed by atoms with Crippen molar-refractivity contribution in [1.29, 1.82) is 0 Å². The Labute approximate surface area is 123 Å². The second-order valence-electron chi connectivity index (χ2n) is 4.56. The van der Waals surface area contributed by atoms with Crippen molar-refractivity contribution in [2.24, 2.45) is 0 Å². The van der Waals surface area contributed by atoms with Gasteiger partial charge in [-0.1, -0.05) is 36.4 Å². The van der Waals surface area contributed by atoms with Crippen molar-refractivity contribution in [3.63, 3.8) is 0 Å². The highest BCUT2D eigenvalue weighted by Gasteiger charge is 2.00. The first kappa shape index (κ1) is 12.9. The van der Waals surface area contributed by atoms with Crippen LogP contribution in [-0.2, 0) is 12.5 Å². The smallest absolute Gasteiger partial charge is 0.130 e. The molecule has 3 aromatic rings. The summed E-state index contributed by atoms with van der Waals surface area (Å²) in [5.41, 5.74) is 3.00. The Kier molecular flexibility index (Phi) is 3.84. The van der Waals surface area contributed by atoms with E-state index in [1.54, 1.807) is 0 Å². The van der Waals surface area contributed by atoms with E-state index >= 15 is 0 Å². The van der Waals surface area contributed by atoms with Gasteiger partial charge in [0.2, 0.25) is 0 Å². The first-order chi connectivity index (χ1) is 9.85. The molecule has 0 amide bonds. The lowest BCUT2D eigenvalue weighted by Crippen LogP contribution is -1.98. The molecule has 2 aromatic carbocycles. The normalized spacial score (nSPS) is 10.7. The van der Waals surface area contributed by atoms with Gasteiger partial charge in [-0.15, -0.1) is 11.6 Å². The number of pyridine rings is 1. The van der Waals surface area contributed by atoms with Crippen molar-refractivity contribution in [2.45, 2.75) is 12.5 Å². The third-order valence-electron chi connectivity index (χ3n) is 3.12. The fraction of sp³-hybridized carbons (Fsp3) is 0.118. The molecule has 1 heterocycles. The van der Waals surface area contributed by atoms with Crippen LogP contribution in [0, 0.1) is 0 Å². The van der Waals surface area contributed by atoms with Crippen molar-refractivity contribution in [3.8, 4) is 5.75 Å². The lowest BCUT2D eigenvalue weighted by atomic mass is 10.2. The monoisotopic (exact) mass is 283 g/mol. The van der Waals surface area contributed by atoms with E-state index in [1.807, 2.05) is 48.5 Å². The second kappa shape index (κ2) is 5.93. The molecule has 1 aromatic heterocycles. The molecule has 0 N–H and O–H groups in total. The summed E-state index contributed by atoms with van der Waals surface area (Å²) in [5, 5.41) is 1.14. The molecular formula is C17H14ClNO. The van der Waals surface area contributed by atoms with Crippen LogP contribution in [0.15, 0.2) is 60.7 Å². The fourth-order valence-electron chi connectivity index (χ4n) is 2.02. The molecule has 0 saturated heterocycles. The van der Waals surface area contributed by atoms with Crippen LogP contribution in [-0.4, -0.2) is 4.98 Å². The maximum Gasteiger partial charge on any atom is 0.130 e. The molecule has 0 fully saturated rings. The Bertz CT molecular complexity index is 710. The number of nitrogens with zero attached hydrogens (tertiary/aromatic N) is 1. The summed E-state index contributed by atoms with van der Waals surface area (Å²) in [5.74, 6) is 1.35. The summed E-state index contributed by atoms with van der Waals surface area (Å²) in [7, 11) is 0. The minimum atomic E-state index is 0.463. The zero-order chi connectivity index (χ0) is 13.8. The number of benzene rings is 2. The van der Waals surface area contributed by atoms with Gasteiger partial charge in [-0.2, -0.15) is 0 Å². The SMILES string of the molecule is ClCc1ccc(OCc2ccc3ccccc3n2)cc1. The molecule has 0 radical (unpaired) electrons. The molecule has 3 rings (SSSR count). The van der Waals surface area contributed by atoms with E-state index in [9.17, 15) is 0 Å². The third-order valence-corrected chi connectivity index (χ3v) is 3.43. The number of alkyl halides is 1. The maximum atomic E-state index is 5.76. The van der Waals surface area contributed by atoms with Gasteiger partial charge in [-0.3, -0.25) is 0 Å². The van der Waals surface area contributed by atoms with Crippen LogP contribution in [0.1, 0.15) is 11.3 Å². The van der Waals surface area contributed by atoms with E-state index in [0.29, 0.717) is 12.5 Å².